The van der Waals surface area contributed by atoms with Gasteiger partial charge in [0.05, 0.1) is 0 Å². The molecule has 0 spiro atoms. The first kappa shape index (κ1) is 69.7. The summed E-state index contributed by atoms with van der Waals surface area (Å²) in [5, 5.41) is 101. The monoisotopic (exact) mass is 502 g/mol. The van der Waals surface area contributed by atoms with Gasteiger partial charge < -0.3 is 60.3 Å². The van der Waals surface area contributed by atoms with Crippen LogP contribution in [0.15, 0.2) is 0 Å². The van der Waals surface area contributed by atoms with Gasteiger partial charge in [-0.2, -0.15) is 0 Å². The molecule has 23 heteroatoms. The maximum Gasteiger partial charge on any atom is 2.00 e. The van der Waals surface area contributed by atoms with Crippen molar-refractivity contribution in [3.8, 4) is 0 Å². The van der Waals surface area contributed by atoms with Crippen molar-refractivity contribution in [2.75, 3.05) is 0 Å². The minimum absolute atomic E-state index is 0. The van der Waals surface area contributed by atoms with Crippen LogP contribution >= 0.6 is 0 Å². The normalized spacial score (nSPS) is 4.70. The summed E-state index contributed by atoms with van der Waals surface area (Å²) >= 11 is 0. The van der Waals surface area contributed by atoms with Crippen LogP contribution in [0.1, 0.15) is 0 Å². The maximum atomic E-state index is 8.42. The molecular formula is H2B4Ca6MgO12. The summed E-state index contributed by atoms with van der Waals surface area (Å²) in [6.45, 7) is 0. The predicted octanol–water partition coefficient (Wildman–Crippen LogP) is -19.0. The van der Waals surface area contributed by atoms with Gasteiger partial charge in [-0.25, -0.2) is 0 Å². The van der Waals surface area contributed by atoms with Crippen LogP contribution in [0.25, 0.3) is 0 Å². The summed E-state index contributed by atoms with van der Waals surface area (Å²) in [6.07, 6.45) is 0. The van der Waals surface area contributed by atoms with Crippen LogP contribution < -0.4 is 60.3 Å². The molecule has 0 aromatic carbocycles. The van der Waals surface area contributed by atoms with Gasteiger partial charge in [0.25, 0.3) is 0 Å². The van der Waals surface area contributed by atoms with E-state index in [4.69, 9.17) is 60.3 Å². The first-order valence-corrected chi connectivity index (χ1v) is 2.83. The van der Waals surface area contributed by atoms with Crippen molar-refractivity contribution < 1.29 is 60.3 Å². The van der Waals surface area contributed by atoms with Crippen molar-refractivity contribution in [3.63, 3.8) is 0 Å². The molecule has 0 aliphatic carbocycles. The number of rotatable bonds is 0. The zero-order chi connectivity index (χ0) is 14.3. The van der Waals surface area contributed by atoms with E-state index in [9.17, 15) is 0 Å². The summed E-state index contributed by atoms with van der Waals surface area (Å²) in [5.41, 5.74) is 0. The topological polar surface area (TPSA) is 277 Å². The molecule has 0 aromatic rings. The van der Waals surface area contributed by atoms with Crippen LogP contribution in [-0.2, 0) is 0 Å². The van der Waals surface area contributed by atoms with E-state index < -0.39 is 29.3 Å². The van der Waals surface area contributed by atoms with Gasteiger partial charge in [-0.15, -0.1) is 0 Å². The molecule has 0 saturated carbocycles. The van der Waals surface area contributed by atoms with E-state index >= 15 is 0 Å². The molecule has 0 radical (unpaired) electrons. The van der Waals surface area contributed by atoms with E-state index in [-0.39, 0.29) is 249 Å². The van der Waals surface area contributed by atoms with Crippen LogP contribution in [0.3, 0.4) is 0 Å². The van der Waals surface area contributed by atoms with E-state index in [2.05, 4.69) is 0 Å². The zero-order valence-corrected chi connectivity index (χ0v) is 24.7. The number of hydrogen-bond donors (Lipinski definition) is 0. The summed E-state index contributed by atoms with van der Waals surface area (Å²) in [6, 6.07) is 0. The van der Waals surface area contributed by atoms with Crippen LogP contribution in [0.2, 0.25) is 0 Å². The van der Waals surface area contributed by atoms with Crippen LogP contribution in [0.4, 0.5) is 0 Å². The third kappa shape index (κ3) is 362. The molecule has 0 heterocycles. The second-order valence-electron chi connectivity index (χ2n) is 1.15. The average molecular weight is 502 g/mol. The molecular weight excluding hydrogens is 500 g/mol. The van der Waals surface area contributed by atoms with Gasteiger partial charge in [-0.05, 0) is 0 Å². The van der Waals surface area contributed by atoms with E-state index in [1.54, 1.807) is 0 Å². The summed E-state index contributed by atoms with van der Waals surface area (Å²) in [4.78, 5) is 0. The van der Waals surface area contributed by atoms with Crippen molar-refractivity contribution >= 4 is 279 Å². The first-order chi connectivity index (χ1) is 6.93. The second kappa shape index (κ2) is 63.1. The molecule has 0 aliphatic heterocycles. The Bertz CT molecular complexity index is 80.5. The van der Waals surface area contributed by atoms with E-state index in [0.29, 0.717) is 0 Å². The molecule has 0 atom stereocenters. The van der Waals surface area contributed by atoms with Gasteiger partial charge in [0.2, 0.25) is 0 Å². The smallest absolute Gasteiger partial charge is 0.907 e. The minimum atomic E-state index is -2.92. The van der Waals surface area contributed by atoms with Crippen LogP contribution in [0.5, 0.6) is 0 Å². The Morgan fingerprint density at radius 1 is 0.261 bits per heavy atom. The molecule has 23 heavy (non-hydrogen) atoms. The summed E-state index contributed by atoms with van der Waals surface area (Å²) < 4.78 is 0. The van der Waals surface area contributed by atoms with Gasteiger partial charge in [-0.3, -0.25) is 29.3 Å². The Balaban J connectivity index is -0.00000000842. The van der Waals surface area contributed by atoms with Crippen LogP contribution in [0, 0.1) is 0 Å². The Morgan fingerprint density at radius 2 is 0.261 bits per heavy atom. The molecule has 0 unspecified atom stereocenters. The van der Waals surface area contributed by atoms with E-state index in [0.717, 1.165) is 0 Å². The molecule has 0 saturated heterocycles. The Morgan fingerprint density at radius 3 is 0.261 bits per heavy atom. The predicted molar refractivity (Wildman–Crippen MR) is 66.1 cm³/mol. The minimum Gasteiger partial charge on any atom is -0.907 e. The zero-order valence-electron chi connectivity index (χ0n) is 11.5. The van der Waals surface area contributed by atoms with Crippen molar-refractivity contribution in [1.29, 1.82) is 0 Å². The fourth-order valence-electron chi connectivity index (χ4n) is 0. The standard InChI is InChI=1S/4BO3.6Ca.Mg.2H/c4*2-1(3)4;;;;;;;;;/q4*-3;6*+2;;;. The average Bonchev–Trinajstić information content (AvgIpc) is 1.76. The van der Waals surface area contributed by atoms with E-state index in [1.807, 2.05) is 0 Å². The van der Waals surface area contributed by atoms with Crippen LogP contribution in [-0.4, -0.2) is 279 Å². The van der Waals surface area contributed by atoms with Crippen molar-refractivity contribution in [2.24, 2.45) is 0 Å². The molecule has 12 nitrogen and oxygen atoms in total. The molecule has 0 rings (SSSR count). The quantitative estimate of drug-likeness (QED) is 0.279. The third-order valence-electron chi connectivity index (χ3n) is 0. The van der Waals surface area contributed by atoms with Gasteiger partial charge in [0, 0.05) is 0 Å². The molecule has 0 amide bonds. The van der Waals surface area contributed by atoms with Crippen molar-refractivity contribution in [2.45, 2.75) is 0 Å². The molecule has 0 aromatic heterocycles. The number of hydrogen-bond acceptors (Lipinski definition) is 12. The molecule has 0 N–H and O–H groups in total. The Kier molecular flexibility index (Phi) is 191. The van der Waals surface area contributed by atoms with Gasteiger partial charge in [0.15, 0.2) is 0 Å². The summed E-state index contributed by atoms with van der Waals surface area (Å²) in [5.74, 6) is 0. The fourth-order valence-corrected chi connectivity index (χ4v) is 0. The third-order valence-corrected chi connectivity index (χ3v) is 0. The first-order valence-electron chi connectivity index (χ1n) is 2.83. The van der Waals surface area contributed by atoms with Crippen molar-refractivity contribution in [1.82, 2.24) is 0 Å². The SMILES string of the molecule is [Ca+2].[Ca+2].[Ca+2].[Ca+2].[Ca+2].[Ca+2].[MgH2].[O-]B([O-])[O-].[O-]B([O-])[O-].[O-]B([O-])[O-].[O-]B([O-])[O-]. The maximum absolute atomic E-state index is 8.42. The molecule has 0 fully saturated rings. The fraction of sp³-hybridized carbons (Fsp3) is 0. The van der Waals surface area contributed by atoms with Gasteiger partial charge in [-0.1, -0.05) is 0 Å². The molecule has 0 aliphatic rings. The van der Waals surface area contributed by atoms with Gasteiger partial charge >= 0.3 is 249 Å². The second-order valence-corrected chi connectivity index (χ2v) is 1.15. The molecule has 100 valence electrons. The summed E-state index contributed by atoms with van der Waals surface area (Å²) in [7, 11) is -11.7. The van der Waals surface area contributed by atoms with Gasteiger partial charge in [0.1, 0.15) is 0 Å². The molecule has 0 bridgehead atoms. The van der Waals surface area contributed by atoms with E-state index in [1.165, 1.54) is 0 Å². The largest absolute Gasteiger partial charge is 2.00 e. The Hall–Kier alpha value is 8.10. The van der Waals surface area contributed by atoms with Crippen molar-refractivity contribution in [3.05, 3.63) is 0 Å². The Labute approximate surface area is 330 Å².